The van der Waals surface area contributed by atoms with Crippen LogP contribution in [0.4, 0.5) is 0 Å². The highest BCUT2D eigenvalue weighted by Crippen LogP contribution is 2.18. The van der Waals surface area contributed by atoms with E-state index < -0.39 is 6.10 Å². The van der Waals surface area contributed by atoms with Crippen molar-refractivity contribution in [3.63, 3.8) is 0 Å². The molecule has 0 bridgehead atoms. The Morgan fingerprint density at radius 3 is 0.766 bits per heavy atom. The monoisotopic (exact) mass is 905 g/mol. The highest BCUT2D eigenvalue weighted by Gasteiger charge is 2.19. The predicted octanol–water partition coefficient (Wildman–Crippen LogP) is 18.9. The van der Waals surface area contributed by atoms with Gasteiger partial charge in [-0.2, -0.15) is 0 Å². The quantitative estimate of drug-likeness (QED) is 0.0344. The van der Waals surface area contributed by atoms with E-state index in [0.717, 1.165) is 69.6 Å². The van der Waals surface area contributed by atoms with Crippen molar-refractivity contribution in [2.24, 2.45) is 11.8 Å². The molecule has 0 rings (SSSR count). The van der Waals surface area contributed by atoms with Crippen LogP contribution in [0.25, 0.3) is 0 Å². The summed E-state index contributed by atoms with van der Waals surface area (Å²) in [5, 5.41) is 0. The van der Waals surface area contributed by atoms with Gasteiger partial charge < -0.3 is 14.2 Å². The molecular formula is C58H112O6. The van der Waals surface area contributed by atoms with Gasteiger partial charge in [-0.25, -0.2) is 0 Å². The summed E-state index contributed by atoms with van der Waals surface area (Å²) in [5.41, 5.74) is 0. The van der Waals surface area contributed by atoms with Gasteiger partial charge in [0.15, 0.2) is 6.10 Å². The van der Waals surface area contributed by atoms with Gasteiger partial charge in [0.05, 0.1) is 0 Å². The van der Waals surface area contributed by atoms with Crippen molar-refractivity contribution in [1.82, 2.24) is 0 Å². The molecule has 0 aromatic rings. The largest absolute Gasteiger partial charge is 0.462 e. The fourth-order valence-corrected chi connectivity index (χ4v) is 8.87. The lowest BCUT2D eigenvalue weighted by Gasteiger charge is -2.18. The van der Waals surface area contributed by atoms with E-state index in [4.69, 9.17) is 14.2 Å². The number of unbranched alkanes of at least 4 members (excludes halogenated alkanes) is 37. The molecule has 6 heteroatoms. The summed E-state index contributed by atoms with van der Waals surface area (Å²) in [6.07, 6.45) is 53.8. The van der Waals surface area contributed by atoms with Crippen molar-refractivity contribution >= 4 is 17.9 Å². The molecule has 0 saturated carbocycles. The molecule has 0 fully saturated rings. The van der Waals surface area contributed by atoms with Gasteiger partial charge in [0.25, 0.3) is 0 Å². The number of ether oxygens (including phenoxy) is 3. The average Bonchev–Trinajstić information content (AvgIpc) is 3.27. The van der Waals surface area contributed by atoms with Gasteiger partial charge in [-0.3, -0.25) is 14.4 Å². The maximum absolute atomic E-state index is 12.8. The number of carbonyl (C=O) groups is 3. The van der Waals surface area contributed by atoms with Crippen LogP contribution in [0.5, 0.6) is 0 Å². The molecule has 64 heavy (non-hydrogen) atoms. The molecule has 0 unspecified atom stereocenters. The Balaban J connectivity index is 4.25. The number of esters is 3. The van der Waals surface area contributed by atoms with Crippen LogP contribution < -0.4 is 0 Å². The fraction of sp³-hybridized carbons (Fsp3) is 0.948. The zero-order valence-corrected chi connectivity index (χ0v) is 43.9. The standard InChI is InChI=1S/C58H112O6/c1-6-7-8-9-10-11-12-13-16-20-23-28-33-38-43-48-56(59)62-51-55(64-58(61)50-45-40-35-30-25-27-32-37-42-47-54(4)5)52-63-57(60)49-44-39-34-29-24-21-18-15-14-17-19-22-26-31-36-41-46-53(2)3/h53-55H,6-52H2,1-5H3/t55-/m0/s1. The first-order valence-corrected chi connectivity index (χ1v) is 28.7. The first-order valence-electron chi connectivity index (χ1n) is 28.7. The zero-order chi connectivity index (χ0) is 46.8. The van der Waals surface area contributed by atoms with Gasteiger partial charge in [-0.1, -0.05) is 285 Å². The second-order valence-electron chi connectivity index (χ2n) is 20.9. The van der Waals surface area contributed by atoms with Crippen molar-refractivity contribution in [1.29, 1.82) is 0 Å². The minimum atomic E-state index is -0.762. The van der Waals surface area contributed by atoms with Crippen molar-refractivity contribution in [2.45, 2.75) is 330 Å². The molecule has 0 N–H and O–H groups in total. The van der Waals surface area contributed by atoms with Crippen molar-refractivity contribution in [2.75, 3.05) is 13.2 Å². The Morgan fingerprint density at radius 1 is 0.297 bits per heavy atom. The van der Waals surface area contributed by atoms with Crippen LogP contribution in [-0.2, 0) is 28.6 Å². The number of rotatable bonds is 52. The molecule has 0 spiro atoms. The van der Waals surface area contributed by atoms with Crippen LogP contribution >= 0.6 is 0 Å². The lowest BCUT2D eigenvalue weighted by atomic mass is 10.0. The molecule has 0 radical (unpaired) electrons. The van der Waals surface area contributed by atoms with Crippen molar-refractivity contribution in [3.05, 3.63) is 0 Å². The van der Waals surface area contributed by atoms with E-state index in [9.17, 15) is 14.4 Å². The Labute approximate surface area is 399 Å². The highest BCUT2D eigenvalue weighted by molar-refractivity contribution is 5.71. The third-order valence-electron chi connectivity index (χ3n) is 13.2. The molecule has 0 amide bonds. The first kappa shape index (κ1) is 62.4. The molecule has 0 aliphatic rings. The van der Waals surface area contributed by atoms with E-state index in [1.807, 2.05) is 0 Å². The van der Waals surface area contributed by atoms with Crippen molar-refractivity contribution < 1.29 is 28.6 Å². The van der Waals surface area contributed by atoms with E-state index in [-0.39, 0.29) is 31.1 Å². The summed E-state index contributed by atoms with van der Waals surface area (Å²) < 4.78 is 16.9. The normalized spacial score (nSPS) is 12.0. The summed E-state index contributed by atoms with van der Waals surface area (Å²) in [5.74, 6) is 0.818. The molecular weight excluding hydrogens is 793 g/mol. The van der Waals surface area contributed by atoms with Crippen molar-refractivity contribution in [3.8, 4) is 0 Å². The van der Waals surface area contributed by atoms with E-state index in [1.165, 1.54) is 212 Å². The SMILES string of the molecule is CCCCCCCCCCCCCCCCCC(=O)OC[C@@H](COC(=O)CCCCCCCCCCCCCCCCCCC(C)C)OC(=O)CCCCCCCCCCCC(C)C. The second-order valence-corrected chi connectivity index (χ2v) is 20.9. The predicted molar refractivity (Wildman–Crippen MR) is 275 cm³/mol. The summed E-state index contributed by atoms with van der Waals surface area (Å²) in [7, 11) is 0. The summed E-state index contributed by atoms with van der Waals surface area (Å²) in [6, 6.07) is 0. The third-order valence-corrected chi connectivity index (χ3v) is 13.2. The molecule has 380 valence electrons. The van der Waals surface area contributed by atoms with Crippen LogP contribution in [0.15, 0.2) is 0 Å². The van der Waals surface area contributed by atoms with E-state index in [2.05, 4.69) is 34.6 Å². The molecule has 0 saturated heterocycles. The average molecular weight is 906 g/mol. The van der Waals surface area contributed by atoms with Gasteiger partial charge in [0.2, 0.25) is 0 Å². The van der Waals surface area contributed by atoms with E-state index >= 15 is 0 Å². The van der Waals surface area contributed by atoms with Gasteiger partial charge in [-0.05, 0) is 31.1 Å². The summed E-state index contributed by atoms with van der Waals surface area (Å²) in [6.45, 7) is 11.4. The van der Waals surface area contributed by atoms with Crippen LogP contribution in [-0.4, -0.2) is 37.2 Å². The molecule has 0 heterocycles. The molecule has 6 nitrogen and oxygen atoms in total. The maximum Gasteiger partial charge on any atom is 0.306 e. The minimum absolute atomic E-state index is 0.0631. The Morgan fingerprint density at radius 2 is 0.516 bits per heavy atom. The number of carbonyl (C=O) groups excluding carboxylic acids is 3. The van der Waals surface area contributed by atoms with E-state index in [0.29, 0.717) is 19.3 Å². The molecule has 0 aliphatic carbocycles. The van der Waals surface area contributed by atoms with Gasteiger partial charge in [0, 0.05) is 19.3 Å². The topological polar surface area (TPSA) is 78.9 Å². The zero-order valence-electron chi connectivity index (χ0n) is 43.9. The van der Waals surface area contributed by atoms with Crippen LogP contribution in [0.3, 0.4) is 0 Å². The number of hydrogen-bond acceptors (Lipinski definition) is 6. The smallest absolute Gasteiger partial charge is 0.306 e. The lowest BCUT2D eigenvalue weighted by Crippen LogP contribution is -2.30. The Kier molecular flexibility index (Phi) is 49.6. The van der Waals surface area contributed by atoms with Crippen LogP contribution in [0.1, 0.15) is 324 Å². The highest BCUT2D eigenvalue weighted by atomic mass is 16.6. The maximum atomic E-state index is 12.8. The first-order chi connectivity index (χ1) is 31.2. The lowest BCUT2D eigenvalue weighted by molar-refractivity contribution is -0.167. The van der Waals surface area contributed by atoms with Crippen LogP contribution in [0, 0.1) is 11.8 Å². The summed E-state index contributed by atoms with van der Waals surface area (Å²) >= 11 is 0. The molecule has 0 aliphatic heterocycles. The summed E-state index contributed by atoms with van der Waals surface area (Å²) in [4.78, 5) is 38.1. The second kappa shape index (κ2) is 50.8. The van der Waals surface area contributed by atoms with Crippen LogP contribution in [0.2, 0.25) is 0 Å². The Bertz CT molecular complexity index is 978. The number of hydrogen-bond donors (Lipinski definition) is 0. The third kappa shape index (κ3) is 51.4. The fourth-order valence-electron chi connectivity index (χ4n) is 8.87. The molecule has 0 aromatic heterocycles. The molecule has 0 aromatic carbocycles. The Hall–Kier alpha value is -1.59. The van der Waals surface area contributed by atoms with E-state index in [1.54, 1.807) is 0 Å². The van der Waals surface area contributed by atoms with Gasteiger partial charge in [-0.15, -0.1) is 0 Å². The van der Waals surface area contributed by atoms with Gasteiger partial charge >= 0.3 is 17.9 Å². The molecule has 1 atom stereocenters. The van der Waals surface area contributed by atoms with Gasteiger partial charge in [0.1, 0.15) is 13.2 Å². The minimum Gasteiger partial charge on any atom is -0.462 e.